The molecule has 0 heterocycles. The molecule has 0 unspecified atom stereocenters. The number of benzene rings is 1. The van der Waals surface area contributed by atoms with Crippen LogP contribution in [0.3, 0.4) is 0 Å². The van der Waals surface area contributed by atoms with Crippen molar-refractivity contribution in [2.45, 2.75) is 19.0 Å². The van der Waals surface area contributed by atoms with Crippen LogP contribution in [0.2, 0.25) is 0 Å². The molecule has 0 aliphatic heterocycles. The maximum absolute atomic E-state index is 12.5. The molecule has 1 aromatic carbocycles. The molecule has 2 rings (SSSR count). The molecule has 1 fully saturated rings. The van der Waals surface area contributed by atoms with E-state index in [4.69, 9.17) is 10.4 Å². The van der Waals surface area contributed by atoms with E-state index in [-0.39, 0.29) is 17.6 Å². The first-order valence-corrected chi connectivity index (χ1v) is 5.86. The number of alkyl halides is 3. The van der Waals surface area contributed by atoms with Gasteiger partial charge in [0, 0.05) is 12.0 Å². The summed E-state index contributed by atoms with van der Waals surface area (Å²) in [5.74, 6) is 0. The standard InChI is InChI=1S/C13H13F3N2O/c14-13(15,16)10-1-2-11(9(5-10)6-17)18-7-12(8-19)3-4-12/h1-2,5,18-19H,3-4,7-8H2. The SMILES string of the molecule is N#Cc1cc(C(F)(F)F)ccc1NCC1(CO)CC1. The van der Waals surface area contributed by atoms with Crippen molar-refractivity contribution in [1.82, 2.24) is 0 Å². The summed E-state index contributed by atoms with van der Waals surface area (Å²) in [6.45, 7) is 0.506. The average molecular weight is 270 g/mol. The summed E-state index contributed by atoms with van der Waals surface area (Å²) in [6.07, 6.45) is -2.68. The first-order valence-electron chi connectivity index (χ1n) is 5.86. The number of rotatable bonds is 4. The third-order valence-corrected chi connectivity index (χ3v) is 3.41. The molecular formula is C13H13F3N2O. The fourth-order valence-electron chi connectivity index (χ4n) is 1.82. The Bertz CT molecular complexity index is 516. The molecule has 0 spiro atoms. The number of aliphatic hydroxyl groups excluding tert-OH is 1. The van der Waals surface area contributed by atoms with Gasteiger partial charge in [-0.05, 0) is 31.0 Å². The Morgan fingerprint density at radius 3 is 2.53 bits per heavy atom. The summed E-state index contributed by atoms with van der Waals surface area (Å²) in [5.41, 5.74) is -0.674. The van der Waals surface area contributed by atoms with Crippen molar-refractivity contribution in [3.63, 3.8) is 0 Å². The number of nitrogens with zero attached hydrogens (tertiary/aromatic N) is 1. The summed E-state index contributed by atoms with van der Waals surface area (Å²) in [6, 6.07) is 4.80. The minimum atomic E-state index is -4.45. The Labute approximate surface area is 108 Å². The molecule has 1 aliphatic rings. The predicted octanol–water partition coefficient (Wildman–Crippen LogP) is 2.76. The Balaban J connectivity index is 2.15. The third-order valence-electron chi connectivity index (χ3n) is 3.41. The molecule has 0 radical (unpaired) electrons. The highest BCUT2D eigenvalue weighted by Crippen LogP contribution is 2.45. The predicted molar refractivity (Wildman–Crippen MR) is 63.4 cm³/mol. The van der Waals surface area contributed by atoms with Gasteiger partial charge >= 0.3 is 6.18 Å². The van der Waals surface area contributed by atoms with E-state index < -0.39 is 11.7 Å². The summed E-state index contributed by atoms with van der Waals surface area (Å²) in [7, 11) is 0. The number of anilines is 1. The zero-order valence-corrected chi connectivity index (χ0v) is 10.1. The van der Waals surface area contributed by atoms with E-state index in [1.807, 2.05) is 0 Å². The summed E-state index contributed by atoms with van der Waals surface area (Å²) in [5, 5.41) is 21.0. The van der Waals surface area contributed by atoms with Crippen LogP contribution in [0.5, 0.6) is 0 Å². The molecule has 0 atom stereocenters. The van der Waals surface area contributed by atoms with E-state index in [9.17, 15) is 13.2 Å². The van der Waals surface area contributed by atoms with Crippen molar-refractivity contribution < 1.29 is 18.3 Å². The van der Waals surface area contributed by atoms with Gasteiger partial charge in [0.2, 0.25) is 0 Å². The second kappa shape index (κ2) is 4.74. The summed E-state index contributed by atoms with van der Waals surface area (Å²) >= 11 is 0. The normalized spacial score (nSPS) is 16.8. The quantitative estimate of drug-likeness (QED) is 0.884. The van der Waals surface area contributed by atoms with E-state index in [1.165, 1.54) is 6.07 Å². The van der Waals surface area contributed by atoms with Gasteiger partial charge in [-0.2, -0.15) is 18.4 Å². The van der Waals surface area contributed by atoms with Crippen molar-refractivity contribution >= 4 is 5.69 Å². The van der Waals surface area contributed by atoms with Crippen LogP contribution >= 0.6 is 0 Å². The van der Waals surface area contributed by atoms with Crippen LogP contribution in [0, 0.1) is 16.7 Å². The smallest absolute Gasteiger partial charge is 0.396 e. The van der Waals surface area contributed by atoms with Crippen LogP contribution in [0.1, 0.15) is 24.0 Å². The zero-order valence-electron chi connectivity index (χ0n) is 10.1. The molecule has 6 heteroatoms. The largest absolute Gasteiger partial charge is 0.416 e. The molecule has 0 saturated heterocycles. The lowest BCUT2D eigenvalue weighted by Crippen LogP contribution is -2.19. The maximum Gasteiger partial charge on any atom is 0.416 e. The van der Waals surface area contributed by atoms with Crippen molar-refractivity contribution in [1.29, 1.82) is 5.26 Å². The fraction of sp³-hybridized carbons (Fsp3) is 0.462. The van der Waals surface area contributed by atoms with Gasteiger partial charge in [0.05, 0.1) is 23.4 Å². The fourth-order valence-corrected chi connectivity index (χ4v) is 1.82. The molecule has 1 aromatic rings. The Kier molecular flexibility index (Phi) is 3.42. The van der Waals surface area contributed by atoms with E-state index in [0.29, 0.717) is 12.2 Å². The van der Waals surface area contributed by atoms with E-state index >= 15 is 0 Å². The zero-order chi connectivity index (χ0) is 14.1. The van der Waals surface area contributed by atoms with Crippen molar-refractivity contribution in [3.05, 3.63) is 29.3 Å². The first-order chi connectivity index (χ1) is 8.90. The van der Waals surface area contributed by atoms with Gasteiger partial charge in [-0.3, -0.25) is 0 Å². The lowest BCUT2D eigenvalue weighted by Gasteiger charge is -2.15. The molecule has 19 heavy (non-hydrogen) atoms. The lowest BCUT2D eigenvalue weighted by molar-refractivity contribution is -0.137. The molecule has 0 bridgehead atoms. The monoisotopic (exact) mass is 270 g/mol. The number of hydrogen-bond donors (Lipinski definition) is 2. The van der Waals surface area contributed by atoms with Crippen molar-refractivity contribution in [2.75, 3.05) is 18.5 Å². The van der Waals surface area contributed by atoms with Gasteiger partial charge in [0.25, 0.3) is 0 Å². The van der Waals surface area contributed by atoms with Crippen molar-refractivity contribution in [3.8, 4) is 6.07 Å². The number of nitriles is 1. The number of hydrogen-bond acceptors (Lipinski definition) is 3. The second-order valence-corrected chi connectivity index (χ2v) is 4.88. The number of nitrogens with one attached hydrogen (secondary N) is 1. The molecule has 3 nitrogen and oxygen atoms in total. The van der Waals surface area contributed by atoms with Gasteiger partial charge in [0.15, 0.2) is 0 Å². The van der Waals surface area contributed by atoms with Crippen LogP contribution in [-0.4, -0.2) is 18.3 Å². The molecule has 1 saturated carbocycles. The molecule has 0 amide bonds. The van der Waals surface area contributed by atoms with Gasteiger partial charge in [-0.1, -0.05) is 0 Å². The molecular weight excluding hydrogens is 257 g/mol. The maximum atomic E-state index is 12.5. The van der Waals surface area contributed by atoms with E-state index in [1.54, 1.807) is 6.07 Å². The van der Waals surface area contributed by atoms with Gasteiger partial charge in [-0.15, -0.1) is 0 Å². The summed E-state index contributed by atoms with van der Waals surface area (Å²) in [4.78, 5) is 0. The second-order valence-electron chi connectivity index (χ2n) is 4.88. The minimum Gasteiger partial charge on any atom is -0.396 e. The molecule has 1 aliphatic carbocycles. The van der Waals surface area contributed by atoms with Gasteiger partial charge in [0.1, 0.15) is 6.07 Å². The summed E-state index contributed by atoms with van der Waals surface area (Å²) < 4.78 is 37.5. The van der Waals surface area contributed by atoms with Crippen LogP contribution in [0.15, 0.2) is 18.2 Å². The topological polar surface area (TPSA) is 56.0 Å². The molecule has 0 aromatic heterocycles. The van der Waals surface area contributed by atoms with Crippen LogP contribution in [0.4, 0.5) is 18.9 Å². The van der Waals surface area contributed by atoms with Gasteiger partial charge in [-0.25, -0.2) is 0 Å². The van der Waals surface area contributed by atoms with Crippen molar-refractivity contribution in [2.24, 2.45) is 5.41 Å². The van der Waals surface area contributed by atoms with E-state index in [0.717, 1.165) is 25.0 Å². The average Bonchev–Trinajstić information content (AvgIpc) is 3.15. The van der Waals surface area contributed by atoms with E-state index in [2.05, 4.69) is 5.32 Å². The molecule has 102 valence electrons. The number of aliphatic hydroxyl groups is 1. The lowest BCUT2D eigenvalue weighted by atomic mass is 10.1. The van der Waals surface area contributed by atoms with Crippen LogP contribution in [0.25, 0.3) is 0 Å². The third kappa shape index (κ3) is 2.99. The minimum absolute atomic E-state index is 0.0384. The Morgan fingerprint density at radius 2 is 2.05 bits per heavy atom. The first kappa shape index (κ1) is 13.7. The van der Waals surface area contributed by atoms with Crippen LogP contribution in [-0.2, 0) is 6.18 Å². The highest BCUT2D eigenvalue weighted by molar-refractivity contribution is 5.59. The highest BCUT2D eigenvalue weighted by Gasteiger charge is 2.41. The Morgan fingerprint density at radius 1 is 1.37 bits per heavy atom. The Hall–Kier alpha value is -1.74. The number of halogens is 3. The highest BCUT2D eigenvalue weighted by atomic mass is 19.4. The molecule has 2 N–H and O–H groups in total. The van der Waals surface area contributed by atoms with Gasteiger partial charge < -0.3 is 10.4 Å². The van der Waals surface area contributed by atoms with Crippen LogP contribution < -0.4 is 5.32 Å².